The number of anilines is 4. The van der Waals surface area contributed by atoms with Crippen LogP contribution in [0, 0.1) is 0 Å². The monoisotopic (exact) mass is 347 g/mol. The molecule has 0 saturated heterocycles. The van der Waals surface area contributed by atoms with Gasteiger partial charge < -0.3 is 16.4 Å². The molecular formula is C15H18BrN5. The predicted octanol–water partition coefficient (Wildman–Crippen LogP) is 3.92. The second-order valence-electron chi connectivity index (χ2n) is 5.25. The van der Waals surface area contributed by atoms with Crippen LogP contribution in [0.5, 0.6) is 0 Å². The molecule has 1 heterocycles. The zero-order chi connectivity index (χ0) is 14.7. The van der Waals surface area contributed by atoms with Crippen molar-refractivity contribution in [1.82, 2.24) is 9.97 Å². The van der Waals surface area contributed by atoms with Crippen LogP contribution >= 0.6 is 15.9 Å². The van der Waals surface area contributed by atoms with E-state index in [1.54, 1.807) is 0 Å². The number of benzene rings is 1. The summed E-state index contributed by atoms with van der Waals surface area (Å²) in [6, 6.07) is 8.35. The van der Waals surface area contributed by atoms with E-state index in [1.165, 1.54) is 32.0 Å². The number of hydrogen-bond donors (Lipinski definition) is 3. The molecule has 110 valence electrons. The Balaban J connectivity index is 1.79. The van der Waals surface area contributed by atoms with Gasteiger partial charge in [-0.25, -0.2) is 9.97 Å². The van der Waals surface area contributed by atoms with Crippen LogP contribution in [-0.4, -0.2) is 16.0 Å². The highest BCUT2D eigenvalue weighted by Gasteiger charge is 2.17. The van der Waals surface area contributed by atoms with Gasteiger partial charge in [0.05, 0.1) is 0 Å². The summed E-state index contributed by atoms with van der Waals surface area (Å²) in [6.07, 6.45) is 6.43. The first kappa shape index (κ1) is 14.1. The van der Waals surface area contributed by atoms with E-state index in [2.05, 4.69) is 36.5 Å². The third-order valence-electron chi connectivity index (χ3n) is 3.67. The fourth-order valence-corrected chi connectivity index (χ4v) is 2.98. The van der Waals surface area contributed by atoms with Crippen LogP contribution in [0.15, 0.2) is 35.1 Å². The molecule has 3 rings (SSSR count). The lowest BCUT2D eigenvalue weighted by Gasteiger charge is -2.16. The lowest BCUT2D eigenvalue weighted by atomic mass is 10.2. The second kappa shape index (κ2) is 6.30. The van der Waals surface area contributed by atoms with Crippen LogP contribution < -0.4 is 16.4 Å². The molecule has 4 N–H and O–H groups in total. The van der Waals surface area contributed by atoms with E-state index < -0.39 is 0 Å². The van der Waals surface area contributed by atoms with Crippen molar-refractivity contribution in [3.8, 4) is 0 Å². The Morgan fingerprint density at radius 2 is 1.90 bits per heavy atom. The number of halogens is 1. The summed E-state index contributed by atoms with van der Waals surface area (Å²) in [6.45, 7) is 0. The first-order valence-corrected chi connectivity index (χ1v) is 7.91. The molecule has 1 fully saturated rings. The van der Waals surface area contributed by atoms with E-state index in [4.69, 9.17) is 5.73 Å². The Morgan fingerprint density at radius 3 is 2.67 bits per heavy atom. The summed E-state index contributed by atoms with van der Waals surface area (Å²) >= 11 is 3.45. The molecule has 1 aliphatic carbocycles. The fourth-order valence-electron chi connectivity index (χ4n) is 2.58. The maximum atomic E-state index is 6.19. The Kier molecular flexibility index (Phi) is 4.24. The average molecular weight is 348 g/mol. The molecule has 1 aliphatic rings. The second-order valence-corrected chi connectivity index (χ2v) is 6.16. The molecule has 21 heavy (non-hydrogen) atoms. The van der Waals surface area contributed by atoms with Gasteiger partial charge in [0.2, 0.25) is 0 Å². The average Bonchev–Trinajstić information content (AvgIpc) is 2.96. The third-order valence-corrected chi connectivity index (χ3v) is 4.16. The van der Waals surface area contributed by atoms with Crippen LogP contribution in [0.25, 0.3) is 0 Å². The van der Waals surface area contributed by atoms with Crippen LogP contribution in [-0.2, 0) is 0 Å². The first-order valence-electron chi connectivity index (χ1n) is 7.12. The van der Waals surface area contributed by atoms with Gasteiger partial charge in [0.25, 0.3) is 0 Å². The zero-order valence-electron chi connectivity index (χ0n) is 11.6. The molecule has 6 heteroatoms. The van der Waals surface area contributed by atoms with E-state index in [0.717, 1.165) is 16.0 Å². The normalized spacial score (nSPS) is 15.1. The van der Waals surface area contributed by atoms with Gasteiger partial charge in [-0.15, -0.1) is 0 Å². The number of nitrogen functional groups attached to an aromatic ring is 1. The number of rotatable bonds is 4. The number of hydrogen-bond acceptors (Lipinski definition) is 5. The predicted molar refractivity (Wildman–Crippen MR) is 89.7 cm³/mol. The highest BCUT2D eigenvalue weighted by atomic mass is 79.9. The molecule has 0 bridgehead atoms. The van der Waals surface area contributed by atoms with Gasteiger partial charge in [0.15, 0.2) is 11.6 Å². The van der Waals surface area contributed by atoms with Crippen molar-refractivity contribution in [2.75, 3.05) is 16.4 Å². The van der Waals surface area contributed by atoms with Crippen molar-refractivity contribution in [3.63, 3.8) is 0 Å². The van der Waals surface area contributed by atoms with Crippen LogP contribution in [0.4, 0.5) is 23.0 Å². The Morgan fingerprint density at radius 1 is 1.14 bits per heavy atom. The molecule has 1 aromatic carbocycles. The maximum Gasteiger partial charge on any atom is 0.159 e. The van der Waals surface area contributed by atoms with Gasteiger partial charge in [-0.2, -0.15) is 0 Å². The summed E-state index contributed by atoms with van der Waals surface area (Å²) in [5.41, 5.74) is 7.68. The van der Waals surface area contributed by atoms with Crippen LogP contribution in [0.3, 0.4) is 0 Å². The molecular weight excluding hydrogens is 330 g/mol. The van der Waals surface area contributed by atoms with Gasteiger partial charge in [0, 0.05) is 16.2 Å². The van der Waals surface area contributed by atoms with Crippen molar-refractivity contribution in [1.29, 1.82) is 0 Å². The highest BCUT2D eigenvalue weighted by Crippen LogP contribution is 2.29. The number of nitrogens with one attached hydrogen (secondary N) is 2. The topological polar surface area (TPSA) is 75.9 Å². The van der Waals surface area contributed by atoms with Gasteiger partial charge >= 0.3 is 0 Å². The Hall–Kier alpha value is -1.82. The largest absolute Gasteiger partial charge is 0.393 e. The zero-order valence-corrected chi connectivity index (χ0v) is 13.2. The number of aromatic nitrogens is 2. The third kappa shape index (κ3) is 3.44. The smallest absolute Gasteiger partial charge is 0.159 e. The van der Waals surface area contributed by atoms with Gasteiger partial charge in [-0.3, -0.25) is 0 Å². The minimum atomic E-state index is 0.473. The van der Waals surface area contributed by atoms with Crippen LogP contribution in [0.2, 0.25) is 0 Å². The fraction of sp³-hybridized carbons (Fsp3) is 0.333. The van der Waals surface area contributed by atoms with E-state index >= 15 is 0 Å². The molecule has 1 aromatic heterocycles. The van der Waals surface area contributed by atoms with Crippen molar-refractivity contribution < 1.29 is 0 Å². The van der Waals surface area contributed by atoms with Gasteiger partial charge in [-0.1, -0.05) is 34.8 Å². The van der Waals surface area contributed by atoms with E-state index in [9.17, 15) is 0 Å². The maximum absolute atomic E-state index is 6.19. The molecule has 0 amide bonds. The molecule has 1 saturated carbocycles. The summed E-state index contributed by atoms with van der Waals surface area (Å²) in [4.78, 5) is 8.50. The lowest BCUT2D eigenvalue weighted by Crippen LogP contribution is -2.17. The summed E-state index contributed by atoms with van der Waals surface area (Å²) in [5, 5.41) is 6.65. The molecule has 0 spiro atoms. The van der Waals surface area contributed by atoms with Gasteiger partial charge in [-0.05, 0) is 31.0 Å². The minimum Gasteiger partial charge on any atom is -0.393 e. The SMILES string of the molecule is Nc1c(Nc2cccc(Br)c2)ncnc1NC1CCCC1. The standard InChI is InChI=1S/C15H18BrN5/c16-10-4-3-7-12(8-10)21-15-13(17)14(18-9-19-15)20-11-5-1-2-6-11/h3-4,7-9,11H,1-2,5-6,17H2,(H2,18,19,20,21). The molecule has 0 radical (unpaired) electrons. The van der Waals surface area contributed by atoms with Gasteiger partial charge in [0.1, 0.15) is 12.0 Å². The quantitative estimate of drug-likeness (QED) is 0.781. The van der Waals surface area contributed by atoms with Crippen molar-refractivity contribution in [2.45, 2.75) is 31.7 Å². The van der Waals surface area contributed by atoms with Crippen molar-refractivity contribution in [3.05, 3.63) is 35.1 Å². The lowest BCUT2D eigenvalue weighted by molar-refractivity contribution is 0.750. The van der Waals surface area contributed by atoms with Crippen LogP contribution in [0.1, 0.15) is 25.7 Å². The Bertz CT molecular complexity index is 625. The molecule has 0 atom stereocenters. The van der Waals surface area contributed by atoms with E-state index in [1.807, 2.05) is 24.3 Å². The first-order chi connectivity index (χ1) is 10.2. The summed E-state index contributed by atoms with van der Waals surface area (Å²) < 4.78 is 1.00. The van der Waals surface area contributed by atoms with E-state index in [-0.39, 0.29) is 0 Å². The molecule has 5 nitrogen and oxygen atoms in total. The molecule has 0 unspecified atom stereocenters. The minimum absolute atomic E-state index is 0.473. The highest BCUT2D eigenvalue weighted by molar-refractivity contribution is 9.10. The van der Waals surface area contributed by atoms with Crippen molar-refractivity contribution in [2.24, 2.45) is 0 Å². The summed E-state index contributed by atoms with van der Waals surface area (Å²) in [7, 11) is 0. The molecule has 2 aromatic rings. The molecule has 0 aliphatic heterocycles. The Labute approximate surface area is 132 Å². The number of nitrogens with two attached hydrogens (primary N) is 1. The number of nitrogens with zero attached hydrogens (tertiary/aromatic N) is 2. The van der Waals surface area contributed by atoms with E-state index in [0.29, 0.717) is 17.5 Å². The summed E-state index contributed by atoms with van der Waals surface area (Å²) in [5.74, 6) is 1.35. The van der Waals surface area contributed by atoms with Crippen molar-refractivity contribution >= 4 is 38.9 Å².